The quantitative estimate of drug-likeness (QED) is 0.755. The van der Waals surface area contributed by atoms with E-state index in [2.05, 4.69) is 10.6 Å². The molecule has 0 aromatic rings. The van der Waals surface area contributed by atoms with Crippen molar-refractivity contribution in [1.29, 1.82) is 0 Å². The fourth-order valence-electron chi connectivity index (χ4n) is 5.52. The minimum Gasteiger partial charge on any atom is -0.453 e. The van der Waals surface area contributed by atoms with E-state index in [9.17, 15) is 14.4 Å². The average molecular weight is 336 g/mol. The van der Waals surface area contributed by atoms with E-state index in [4.69, 9.17) is 4.74 Å². The SMILES string of the molecule is CCNC(=O)NC(=O)[C@@H](C)OC(=O)CC12CC3CC(CC(C3)C1)C2. The number of nitrogens with one attached hydrogen (secondary N) is 2. The standard InChI is InChI=1S/C18H28N2O4/c1-3-19-17(23)20-16(22)11(2)24-15(21)10-18-7-12-4-13(8-18)6-14(5-12)9-18/h11-14H,3-10H2,1-2H3,(H2,19,20,22,23)/t11-,12?,13?,14?,18?/m1/s1. The molecule has 4 rings (SSSR count). The summed E-state index contributed by atoms with van der Waals surface area (Å²) < 4.78 is 5.30. The molecule has 6 nitrogen and oxygen atoms in total. The van der Waals surface area contributed by atoms with Crippen molar-refractivity contribution in [3.8, 4) is 0 Å². The molecule has 1 atom stereocenters. The van der Waals surface area contributed by atoms with E-state index in [1.807, 2.05) is 0 Å². The van der Waals surface area contributed by atoms with E-state index in [1.165, 1.54) is 26.2 Å². The highest BCUT2D eigenvalue weighted by molar-refractivity contribution is 5.97. The molecule has 0 aromatic carbocycles. The van der Waals surface area contributed by atoms with Gasteiger partial charge in [0, 0.05) is 6.54 Å². The Balaban J connectivity index is 1.50. The molecule has 24 heavy (non-hydrogen) atoms. The molecule has 4 fully saturated rings. The molecule has 0 unspecified atom stereocenters. The first-order valence-corrected chi connectivity index (χ1v) is 9.17. The van der Waals surface area contributed by atoms with E-state index in [0.717, 1.165) is 37.0 Å². The van der Waals surface area contributed by atoms with Crippen molar-refractivity contribution >= 4 is 17.9 Å². The summed E-state index contributed by atoms with van der Waals surface area (Å²) in [6.45, 7) is 3.70. The maximum Gasteiger partial charge on any atom is 0.321 e. The first kappa shape index (κ1) is 17.2. The van der Waals surface area contributed by atoms with Gasteiger partial charge >= 0.3 is 12.0 Å². The highest BCUT2D eigenvalue weighted by Crippen LogP contribution is 2.61. The molecule has 0 aliphatic heterocycles. The lowest BCUT2D eigenvalue weighted by Gasteiger charge is -2.56. The predicted octanol–water partition coefficient (Wildman–Crippen LogP) is 2.37. The van der Waals surface area contributed by atoms with E-state index in [-0.39, 0.29) is 11.4 Å². The van der Waals surface area contributed by atoms with Crippen LogP contribution in [-0.2, 0) is 14.3 Å². The Bertz CT molecular complexity index is 496. The maximum absolute atomic E-state index is 12.4. The van der Waals surface area contributed by atoms with Crippen molar-refractivity contribution < 1.29 is 19.1 Å². The number of imide groups is 1. The summed E-state index contributed by atoms with van der Waals surface area (Å²) in [5.74, 6) is 1.45. The lowest BCUT2D eigenvalue weighted by atomic mass is 9.49. The number of urea groups is 1. The van der Waals surface area contributed by atoms with Gasteiger partial charge in [-0.15, -0.1) is 0 Å². The summed E-state index contributed by atoms with van der Waals surface area (Å²) in [6.07, 6.45) is 6.86. The molecule has 4 bridgehead atoms. The molecule has 3 amide bonds. The third-order valence-corrected chi connectivity index (χ3v) is 5.94. The Morgan fingerprint density at radius 1 is 1.08 bits per heavy atom. The smallest absolute Gasteiger partial charge is 0.321 e. The van der Waals surface area contributed by atoms with Crippen molar-refractivity contribution in [3.63, 3.8) is 0 Å². The third-order valence-electron chi connectivity index (χ3n) is 5.94. The molecule has 4 saturated carbocycles. The maximum atomic E-state index is 12.4. The lowest BCUT2D eigenvalue weighted by molar-refractivity contribution is -0.161. The van der Waals surface area contributed by atoms with Crippen molar-refractivity contribution in [2.45, 2.75) is 64.9 Å². The zero-order chi connectivity index (χ0) is 17.3. The molecule has 0 aromatic heterocycles. The van der Waals surface area contributed by atoms with Crippen LogP contribution in [-0.4, -0.2) is 30.6 Å². The Hall–Kier alpha value is -1.59. The largest absolute Gasteiger partial charge is 0.453 e. The molecule has 134 valence electrons. The van der Waals surface area contributed by atoms with Crippen LogP contribution in [0.25, 0.3) is 0 Å². The van der Waals surface area contributed by atoms with Crippen LogP contribution in [0.2, 0.25) is 0 Å². The Morgan fingerprint density at radius 2 is 1.62 bits per heavy atom. The molecule has 0 saturated heterocycles. The van der Waals surface area contributed by atoms with E-state index >= 15 is 0 Å². The van der Waals surface area contributed by atoms with Gasteiger partial charge in [0.25, 0.3) is 5.91 Å². The summed E-state index contributed by atoms with van der Waals surface area (Å²) in [5.41, 5.74) is 0.0988. The zero-order valence-corrected chi connectivity index (χ0v) is 14.6. The van der Waals surface area contributed by atoms with Crippen molar-refractivity contribution in [2.75, 3.05) is 6.54 Å². The summed E-state index contributed by atoms with van der Waals surface area (Å²) in [4.78, 5) is 35.6. The normalized spacial score (nSPS) is 34.5. The van der Waals surface area contributed by atoms with Gasteiger partial charge in [-0.2, -0.15) is 0 Å². The highest BCUT2D eigenvalue weighted by Gasteiger charge is 2.51. The van der Waals surface area contributed by atoms with Gasteiger partial charge in [-0.1, -0.05) is 0 Å². The number of carbonyl (C=O) groups excluding carboxylic acids is 3. The van der Waals surface area contributed by atoms with Crippen LogP contribution in [0.4, 0.5) is 4.79 Å². The number of hydrogen-bond donors (Lipinski definition) is 2. The van der Waals surface area contributed by atoms with Gasteiger partial charge in [-0.25, -0.2) is 4.79 Å². The molecule has 6 heteroatoms. The van der Waals surface area contributed by atoms with Gasteiger partial charge in [-0.3, -0.25) is 14.9 Å². The Morgan fingerprint density at radius 3 is 2.12 bits per heavy atom. The van der Waals surface area contributed by atoms with Gasteiger partial charge < -0.3 is 10.1 Å². The van der Waals surface area contributed by atoms with Crippen molar-refractivity contribution in [1.82, 2.24) is 10.6 Å². The fraction of sp³-hybridized carbons (Fsp3) is 0.833. The van der Waals surface area contributed by atoms with E-state index in [1.54, 1.807) is 6.92 Å². The molecule has 0 heterocycles. The minimum absolute atomic E-state index is 0.0988. The van der Waals surface area contributed by atoms with Crippen LogP contribution in [0.3, 0.4) is 0 Å². The Kier molecular flexibility index (Phi) is 4.83. The first-order valence-electron chi connectivity index (χ1n) is 9.17. The molecular weight excluding hydrogens is 308 g/mol. The fourth-order valence-corrected chi connectivity index (χ4v) is 5.52. The second-order valence-electron chi connectivity index (χ2n) is 8.08. The van der Waals surface area contributed by atoms with Crippen molar-refractivity contribution in [2.24, 2.45) is 23.2 Å². The predicted molar refractivity (Wildman–Crippen MR) is 88.0 cm³/mol. The summed E-state index contributed by atoms with van der Waals surface area (Å²) in [6, 6.07) is -0.563. The summed E-state index contributed by atoms with van der Waals surface area (Å²) >= 11 is 0. The van der Waals surface area contributed by atoms with Gasteiger partial charge in [-0.05, 0) is 75.5 Å². The zero-order valence-electron chi connectivity index (χ0n) is 14.6. The molecule has 2 N–H and O–H groups in total. The van der Waals surface area contributed by atoms with Crippen LogP contribution in [0.15, 0.2) is 0 Å². The summed E-state index contributed by atoms with van der Waals surface area (Å²) in [7, 11) is 0. The average Bonchev–Trinajstić information content (AvgIpc) is 2.44. The van der Waals surface area contributed by atoms with Crippen LogP contribution in [0.5, 0.6) is 0 Å². The van der Waals surface area contributed by atoms with Crippen LogP contribution in [0, 0.1) is 23.2 Å². The number of carbonyl (C=O) groups is 3. The van der Waals surface area contributed by atoms with Crippen LogP contribution < -0.4 is 10.6 Å². The number of amides is 3. The first-order chi connectivity index (χ1) is 11.4. The second-order valence-corrected chi connectivity index (χ2v) is 8.08. The third kappa shape index (κ3) is 3.73. The number of rotatable bonds is 5. The van der Waals surface area contributed by atoms with E-state index < -0.39 is 18.0 Å². The molecule has 0 radical (unpaired) electrons. The number of hydrogen-bond acceptors (Lipinski definition) is 4. The molecule has 4 aliphatic carbocycles. The number of ether oxygens (including phenoxy) is 1. The Labute approximate surface area is 143 Å². The van der Waals surface area contributed by atoms with Crippen molar-refractivity contribution in [3.05, 3.63) is 0 Å². The number of esters is 1. The molecule has 4 aliphatic rings. The van der Waals surface area contributed by atoms with Crippen LogP contribution in [0.1, 0.15) is 58.8 Å². The van der Waals surface area contributed by atoms with E-state index in [0.29, 0.717) is 13.0 Å². The monoisotopic (exact) mass is 336 g/mol. The molecule has 0 spiro atoms. The molecular formula is C18H28N2O4. The van der Waals surface area contributed by atoms with Gasteiger partial charge in [0.1, 0.15) is 0 Å². The summed E-state index contributed by atoms with van der Waals surface area (Å²) in [5, 5.41) is 4.66. The van der Waals surface area contributed by atoms with Gasteiger partial charge in [0.05, 0.1) is 6.42 Å². The second kappa shape index (κ2) is 6.73. The topological polar surface area (TPSA) is 84.5 Å². The van der Waals surface area contributed by atoms with Gasteiger partial charge in [0.2, 0.25) is 0 Å². The lowest BCUT2D eigenvalue weighted by Crippen LogP contribution is -2.48. The highest BCUT2D eigenvalue weighted by atomic mass is 16.5. The van der Waals surface area contributed by atoms with Gasteiger partial charge in [0.15, 0.2) is 6.10 Å². The minimum atomic E-state index is -0.950. The van der Waals surface area contributed by atoms with Crippen LogP contribution >= 0.6 is 0 Å².